The third kappa shape index (κ3) is 4.93. The zero-order valence-corrected chi connectivity index (χ0v) is 15.2. The highest BCUT2D eigenvalue weighted by Gasteiger charge is 2.27. The van der Waals surface area contributed by atoms with Gasteiger partial charge in [-0.25, -0.2) is 4.72 Å². The van der Waals surface area contributed by atoms with E-state index in [9.17, 15) is 8.42 Å². The molecule has 0 aromatic heterocycles. The lowest BCUT2D eigenvalue weighted by atomic mass is 9.96. The number of hydrogen-bond donors (Lipinski definition) is 1. The van der Waals surface area contributed by atoms with Crippen LogP contribution in [0.1, 0.15) is 39.0 Å². The Hall–Kier alpha value is -1.11. The summed E-state index contributed by atoms with van der Waals surface area (Å²) in [5.41, 5.74) is 1.08. The molecule has 1 aromatic rings. The van der Waals surface area contributed by atoms with Gasteiger partial charge in [0.1, 0.15) is 0 Å². The molecule has 1 aliphatic carbocycles. The Kier molecular flexibility index (Phi) is 6.44. The Morgan fingerprint density at radius 1 is 1.13 bits per heavy atom. The number of rotatable bonds is 7. The molecule has 1 aliphatic rings. The summed E-state index contributed by atoms with van der Waals surface area (Å²) in [7, 11) is 0.270. The van der Waals surface area contributed by atoms with Gasteiger partial charge in [0, 0.05) is 38.4 Å². The van der Waals surface area contributed by atoms with E-state index >= 15 is 0 Å². The van der Waals surface area contributed by atoms with Crippen LogP contribution >= 0.6 is 0 Å². The van der Waals surface area contributed by atoms with Crippen molar-refractivity contribution in [1.29, 1.82) is 0 Å². The summed E-state index contributed by atoms with van der Waals surface area (Å²) in [5.74, 6) is 0. The summed E-state index contributed by atoms with van der Waals surface area (Å²) in [6, 6.07) is 10.2. The average molecular weight is 340 g/mol. The molecular formula is C17H29N3O2S. The highest BCUT2D eigenvalue weighted by Crippen LogP contribution is 2.23. The Bertz CT molecular complexity index is 571. The number of likely N-dealkylation sites (N-methyl/N-ethyl adjacent to an activating group) is 1. The lowest BCUT2D eigenvalue weighted by Crippen LogP contribution is -2.48. The van der Waals surface area contributed by atoms with E-state index in [1.165, 1.54) is 10.7 Å². The molecule has 6 heteroatoms. The van der Waals surface area contributed by atoms with Gasteiger partial charge in [-0.2, -0.15) is 12.7 Å². The first-order valence-electron chi connectivity index (χ1n) is 8.42. The molecule has 0 saturated heterocycles. The normalized spacial score (nSPS) is 18.1. The van der Waals surface area contributed by atoms with Crippen molar-refractivity contribution in [2.45, 2.75) is 51.1 Å². The minimum atomic E-state index is -3.41. The van der Waals surface area contributed by atoms with Gasteiger partial charge in [0.2, 0.25) is 0 Å². The number of benzene rings is 1. The van der Waals surface area contributed by atoms with Crippen LogP contribution in [0.3, 0.4) is 0 Å². The maximum Gasteiger partial charge on any atom is 0.279 e. The minimum Gasteiger partial charge on any atom is -0.371 e. The number of anilines is 1. The van der Waals surface area contributed by atoms with E-state index in [1.807, 2.05) is 44.3 Å². The molecule has 1 N–H and O–H groups in total. The summed E-state index contributed by atoms with van der Waals surface area (Å²) in [6.45, 7) is 2.42. The second kappa shape index (κ2) is 8.13. The summed E-state index contributed by atoms with van der Waals surface area (Å²) in [4.78, 5) is 2.09. The van der Waals surface area contributed by atoms with Gasteiger partial charge in [-0.3, -0.25) is 0 Å². The van der Waals surface area contributed by atoms with Gasteiger partial charge in [-0.15, -0.1) is 0 Å². The van der Waals surface area contributed by atoms with Crippen LogP contribution in [0, 0.1) is 0 Å². The Balaban J connectivity index is 1.90. The second-order valence-corrected chi connectivity index (χ2v) is 8.27. The number of hydrogen-bond acceptors (Lipinski definition) is 3. The quantitative estimate of drug-likeness (QED) is 0.831. The van der Waals surface area contributed by atoms with E-state index in [0.29, 0.717) is 6.54 Å². The van der Waals surface area contributed by atoms with Crippen LogP contribution in [0.5, 0.6) is 0 Å². The summed E-state index contributed by atoms with van der Waals surface area (Å²) >= 11 is 0. The van der Waals surface area contributed by atoms with Crippen LogP contribution in [0.15, 0.2) is 30.3 Å². The number of nitrogens with zero attached hydrogens (tertiary/aromatic N) is 2. The first-order valence-corrected chi connectivity index (χ1v) is 9.86. The maximum absolute atomic E-state index is 12.5. The zero-order valence-electron chi connectivity index (χ0n) is 14.4. The molecule has 23 heavy (non-hydrogen) atoms. The molecule has 130 valence electrons. The molecule has 0 unspecified atom stereocenters. The predicted molar refractivity (Wildman–Crippen MR) is 95.9 cm³/mol. The second-order valence-electron chi connectivity index (χ2n) is 6.46. The first-order chi connectivity index (χ1) is 10.9. The Labute approximate surface area is 140 Å². The molecule has 1 atom stereocenters. The van der Waals surface area contributed by atoms with Crippen molar-refractivity contribution in [3.05, 3.63) is 30.3 Å². The van der Waals surface area contributed by atoms with Crippen LogP contribution in [-0.2, 0) is 10.2 Å². The van der Waals surface area contributed by atoms with Gasteiger partial charge in [0.15, 0.2) is 0 Å². The fourth-order valence-electron chi connectivity index (χ4n) is 3.02. The van der Waals surface area contributed by atoms with E-state index in [4.69, 9.17) is 0 Å². The van der Waals surface area contributed by atoms with Crippen LogP contribution in [-0.4, -0.2) is 45.4 Å². The summed E-state index contributed by atoms with van der Waals surface area (Å²) in [5, 5.41) is 0. The summed E-state index contributed by atoms with van der Waals surface area (Å²) in [6.07, 6.45) is 5.40. The lowest BCUT2D eigenvalue weighted by molar-refractivity contribution is 0.282. The van der Waals surface area contributed by atoms with E-state index in [1.54, 1.807) is 7.05 Å². The van der Waals surface area contributed by atoms with E-state index in [-0.39, 0.29) is 12.1 Å². The Morgan fingerprint density at radius 2 is 1.74 bits per heavy atom. The van der Waals surface area contributed by atoms with Gasteiger partial charge in [-0.05, 0) is 31.9 Å². The summed E-state index contributed by atoms with van der Waals surface area (Å²) < 4.78 is 29.3. The van der Waals surface area contributed by atoms with Crippen molar-refractivity contribution in [2.75, 3.05) is 25.5 Å². The van der Waals surface area contributed by atoms with Crippen LogP contribution in [0.4, 0.5) is 5.69 Å². The lowest BCUT2D eigenvalue weighted by Gasteiger charge is -2.32. The van der Waals surface area contributed by atoms with Gasteiger partial charge in [0.05, 0.1) is 0 Å². The molecule has 2 rings (SSSR count). The SMILES string of the molecule is C[C@@H](CNS(=O)(=O)N(C)C1CCCCC1)N(C)c1ccccc1. The van der Waals surface area contributed by atoms with Crippen molar-refractivity contribution >= 4 is 15.9 Å². The van der Waals surface area contributed by atoms with Crippen molar-refractivity contribution in [1.82, 2.24) is 9.03 Å². The monoisotopic (exact) mass is 339 g/mol. The molecule has 5 nitrogen and oxygen atoms in total. The number of para-hydroxylation sites is 1. The molecule has 0 aliphatic heterocycles. The molecule has 0 spiro atoms. The average Bonchev–Trinajstić information content (AvgIpc) is 2.60. The third-order valence-electron chi connectivity index (χ3n) is 4.85. The van der Waals surface area contributed by atoms with E-state index < -0.39 is 10.2 Å². The standard InChI is InChI=1S/C17H29N3O2S/c1-15(19(2)16-10-6-4-7-11-16)14-18-23(21,22)20(3)17-12-8-5-9-13-17/h4,6-7,10-11,15,17-18H,5,8-9,12-14H2,1-3H3/t15-/m0/s1. The zero-order chi connectivity index (χ0) is 16.9. The van der Waals surface area contributed by atoms with Gasteiger partial charge in [0.25, 0.3) is 10.2 Å². The highest BCUT2D eigenvalue weighted by atomic mass is 32.2. The molecule has 0 amide bonds. The maximum atomic E-state index is 12.5. The Morgan fingerprint density at radius 3 is 2.35 bits per heavy atom. The molecule has 1 aromatic carbocycles. The smallest absolute Gasteiger partial charge is 0.279 e. The topological polar surface area (TPSA) is 52.7 Å². The minimum absolute atomic E-state index is 0.0759. The van der Waals surface area contributed by atoms with Gasteiger partial charge < -0.3 is 4.90 Å². The highest BCUT2D eigenvalue weighted by molar-refractivity contribution is 7.87. The van der Waals surface area contributed by atoms with Gasteiger partial charge in [-0.1, -0.05) is 37.5 Å². The number of nitrogens with one attached hydrogen (secondary N) is 1. The fourth-order valence-corrected chi connectivity index (χ4v) is 4.28. The molecule has 1 fully saturated rings. The fraction of sp³-hybridized carbons (Fsp3) is 0.647. The van der Waals surface area contributed by atoms with Gasteiger partial charge >= 0.3 is 0 Å². The predicted octanol–water partition coefficient (Wildman–Crippen LogP) is 2.61. The van der Waals surface area contributed by atoms with Crippen LogP contribution in [0.25, 0.3) is 0 Å². The molecule has 0 heterocycles. The molecular weight excluding hydrogens is 310 g/mol. The van der Waals surface area contributed by atoms with E-state index in [0.717, 1.165) is 31.4 Å². The molecule has 0 bridgehead atoms. The van der Waals surface area contributed by atoms with Crippen LogP contribution in [0.2, 0.25) is 0 Å². The molecule has 0 radical (unpaired) electrons. The molecule has 1 saturated carbocycles. The van der Waals surface area contributed by atoms with Crippen molar-refractivity contribution in [3.8, 4) is 0 Å². The van der Waals surface area contributed by atoms with Crippen LogP contribution < -0.4 is 9.62 Å². The van der Waals surface area contributed by atoms with Crippen molar-refractivity contribution < 1.29 is 8.42 Å². The van der Waals surface area contributed by atoms with Crippen molar-refractivity contribution in [2.24, 2.45) is 0 Å². The van der Waals surface area contributed by atoms with Crippen molar-refractivity contribution in [3.63, 3.8) is 0 Å². The third-order valence-corrected chi connectivity index (χ3v) is 6.44. The largest absolute Gasteiger partial charge is 0.371 e. The first kappa shape index (κ1) is 18.2. The van der Waals surface area contributed by atoms with E-state index in [2.05, 4.69) is 9.62 Å².